The van der Waals surface area contributed by atoms with Gasteiger partial charge >= 0.3 is 0 Å². The third-order valence-corrected chi connectivity index (χ3v) is 9.38. The summed E-state index contributed by atoms with van der Waals surface area (Å²) in [4.78, 5) is 29.7. The van der Waals surface area contributed by atoms with Crippen LogP contribution in [0, 0.1) is 13.8 Å². The van der Waals surface area contributed by atoms with Crippen LogP contribution in [0.25, 0.3) is 0 Å². The fraction of sp³-hybridized carbons (Fsp3) is 0.257. The lowest BCUT2D eigenvalue weighted by atomic mass is 10.0. The highest BCUT2D eigenvalue weighted by Crippen LogP contribution is 2.27. The van der Waals surface area contributed by atoms with Gasteiger partial charge in [0.05, 0.1) is 10.6 Å². The summed E-state index contributed by atoms with van der Waals surface area (Å²) in [5.74, 6) is -0.851. The Bertz CT molecular complexity index is 1660. The first-order valence-electron chi connectivity index (χ1n) is 14.6. The number of benzene rings is 4. The van der Waals surface area contributed by atoms with Crippen LogP contribution >= 0.6 is 11.6 Å². The van der Waals surface area contributed by atoms with Crippen molar-refractivity contribution < 1.29 is 18.0 Å². The first-order chi connectivity index (χ1) is 21.1. The van der Waals surface area contributed by atoms with Crippen molar-refractivity contribution in [3.8, 4) is 0 Å². The van der Waals surface area contributed by atoms with Crippen molar-refractivity contribution in [3.05, 3.63) is 130 Å². The second-order valence-corrected chi connectivity index (χ2v) is 13.0. The van der Waals surface area contributed by atoms with E-state index in [1.807, 2.05) is 63.2 Å². The van der Waals surface area contributed by atoms with Crippen molar-refractivity contribution >= 4 is 39.1 Å². The molecule has 0 unspecified atom stereocenters. The van der Waals surface area contributed by atoms with Crippen LogP contribution in [0.5, 0.6) is 0 Å². The van der Waals surface area contributed by atoms with Crippen molar-refractivity contribution in [3.63, 3.8) is 0 Å². The van der Waals surface area contributed by atoms with Gasteiger partial charge in [-0.05, 0) is 72.9 Å². The van der Waals surface area contributed by atoms with Crippen LogP contribution in [-0.2, 0) is 32.6 Å². The monoisotopic (exact) mass is 631 g/mol. The Morgan fingerprint density at radius 3 is 2.05 bits per heavy atom. The zero-order valence-electron chi connectivity index (χ0n) is 25.2. The number of sulfonamides is 1. The Kier molecular flexibility index (Phi) is 11.2. The molecular formula is C35H38ClN3O4S. The second kappa shape index (κ2) is 15.0. The molecule has 0 aliphatic heterocycles. The number of hydrogen-bond donors (Lipinski definition) is 1. The number of nitrogens with zero attached hydrogens (tertiary/aromatic N) is 2. The Morgan fingerprint density at radius 2 is 1.43 bits per heavy atom. The highest BCUT2D eigenvalue weighted by atomic mass is 35.5. The number of amides is 2. The first kappa shape index (κ1) is 32.8. The van der Waals surface area contributed by atoms with E-state index >= 15 is 0 Å². The van der Waals surface area contributed by atoms with Gasteiger partial charge in [-0.15, -0.1) is 0 Å². The van der Waals surface area contributed by atoms with Gasteiger partial charge in [-0.25, -0.2) is 8.42 Å². The normalized spacial score (nSPS) is 11.9. The number of aryl methyl sites for hydroxylation is 2. The SMILES string of the molecule is CCCNC(=O)[C@@H](Cc1ccccc1)N(Cc1ccccc1Cl)C(=O)CN(c1cc(C)cc(C)c1)S(=O)(=O)c1ccccc1. The van der Waals surface area contributed by atoms with E-state index in [0.717, 1.165) is 27.4 Å². The molecule has 7 nitrogen and oxygen atoms in total. The van der Waals surface area contributed by atoms with E-state index in [9.17, 15) is 18.0 Å². The van der Waals surface area contributed by atoms with Gasteiger partial charge in [0.1, 0.15) is 12.6 Å². The third-order valence-electron chi connectivity index (χ3n) is 7.22. The second-order valence-electron chi connectivity index (χ2n) is 10.8. The minimum atomic E-state index is -4.16. The van der Waals surface area contributed by atoms with E-state index < -0.39 is 28.5 Å². The lowest BCUT2D eigenvalue weighted by Crippen LogP contribution is -2.53. The summed E-state index contributed by atoms with van der Waals surface area (Å²) < 4.78 is 29.4. The van der Waals surface area contributed by atoms with E-state index in [1.165, 1.54) is 17.0 Å². The molecule has 4 aromatic carbocycles. The van der Waals surface area contributed by atoms with Crippen molar-refractivity contribution in [1.82, 2.24) is 10.2 Å². The summed E-state index contributed by atoms with van der Waals surface area (Å²) in [6, 6.07) is 29.1. The lowest BCUT2D eigenvalue weighted by Gasteiger charge is -2.34. The standard InChI is InChI=1S/C35H38ClN3O4S/c1-4-19-37-35(41)33(23-28-13-7-5-8-14-28)38(24-29-15-11-12-18-32(29)36)34(40)25-39(30-21-26(2)20-27(3)22-30)44(42,43)31-16-9-6-10-17-31/h5-18,20-22,33H,4,19,23-25H2,1-3H3,(H,37,41)/t33-/m1/s1. The molecule has 0 heterocycles. The van der Waals surface area contributed by atoms with Crippen LogP contribution in [0.15, 0.2) is 108 Å². The van der Waals surface area contributed by atoms with E-state index in [0.29, 0.717) is 22.8 Å². The molecule has 0 bridgehead atoms. The van der Waals surface area contributed by atoms with Crippen LogP contribution in [0.1, 0.15) is 35.6 Å². The van der Waals surface area contributed by atoms with Crippen LogP contribution in [0.3, 0.4) is 0 Å². The molecule has 9 heteroatoms. The number of rotatable bonds is 13. The number of anilines is 1. The third kappa shape index (κ3) is 8.27. The van der Waals surface area contributed by atoms with Crippen molar-refractivity contribution in [2.75, 3.05) is 17.4 Å². The summed E-state index contributed by atoms with van der Waals surface area (Å²) in [6.45, 7) is 5.65. The van der Waals surface area contributed by atoms with Gasteiger partial charge in [0.2, 0.25) is 11.8 Å². The van der Waals surface area contributed by atoms with Crippen LogP contribution in [-0.4, -0.2) is 44.3 Å². The number of carbonyl (C=O) groups is 2. The van der Waals surface area contributed by atoms with E-state index in [4.69, 9.17) is 11.6 Å². The van der Waals surface area contributed by atoms with Gasteiger partial charge in [0.15, 0.2) is 0 Å². The average Bonchev–Trinajstić information content (AvgIpc) is 3.01. The van der Waals surface area contributed by atoms with Crippen molar-refractivity contribution in [1.29, 1.82) is 0 Å². The quantitative estimate of drug-likeness (QED) is 0.187. The molecule has 1 N–H and O–H groups in total. The van der Waals surface area contributed by atoms with Crippen LogP contribution < -0.4 is 9.62 Å². The van der Waals surface area contributed by atoms with Gasteiger partial charge in [-0.1, -0.05) is 91.3 Å². The Labute approximate surface area is 265 Å². The van der Waals surface area contributed by atoms with E-state index in [2.05, 4.69) is 5.32 Å². The summed E-state index contributed by atoms with van der Waals surface area (Å²) in [7, 11) is -4.16. The Hall–Kier alpha value is -4.14. The maximum atomic E-state index is 14.5. The zero-order chi connectivity index (χ0) is 31.7. The average molecular weight is 632 g/mol. The predicted octanol–water partition coefficient (Wildman–Crippen LogP) is 6.32. The molecule has 0 saturated heterocycles. The Morgan fingerprint density at radius 1 is 0.841 bits per heavy atom. The largest absolute Gasteiger partial charge is 0.354 e. The molecule has 230 valence electrons. The minimum absolute atomic E-state index is 0.0155. The molecular weight excluding hydrogens is 594 g/mol. The fourth-order valence-corrected chi connectivity index (χ4v) is 6.69. The van der Waals surface area contributed by atoms with Gasteiger partial charge in [0.25, 0.3) is 10.0 Å². The predicted molar refractivity (Wildman–Crippen MR) is 176 cm³/mol. The van der Waals surface area contributed by atoms with Crippen LogP contribution in [0.4, 0.5) is 5.69 Å². The van der Waals surface area contributed by atoms with Gasteiger partial charge in [-0.3, -0.25) is 13.9 Å². The molecule has 0 aliphatic rings. The molecule has 0 aliphatic carbocycles. The van der Waals surface area contributed by atoms with Gasteiger partial charge in [-0.2, -0.15) is 0 Å². The molecule has 2 amide bonds. The molecule has 1 atom stereocenters. The first-order valence-corrected chi connectivity index (χ1v) is 16.4. The van der Waals surface area contributed by atoms with Crippen molar-refractivity contribution in [2.45, 2.75) is 51.1 Å². The maximum absolute atomic E-state index is 14.5. The zero-order valence-corrected chi connectivity index (χ0v) is 26.8. The molecule has 0 spiro atoms. The highest BCUT2D eigenvalue weighted by molar-refractivity contribution is 7.92. The molecule has 0 saturated carbocycles. The molecule has 4 aromatic rings. The number of carbonyl (C=O) groups excluding carboxylic acids is 2. The molecule has 0 radical (unpaired) electrons. The Balaban J connectivity index is 1.82. The van der Waals surface area contributed by atoms with E-state index in [-0.39, 0.29) is 23.8 Å². The number of hydrogen-bond acceptors (Lipinski definition) is 4. The summed E-state index contributed by atoms with van der Waals surface area (Å²) in [5.41, 5.74) is 3.59. The number of nitrogens with one attached hydrogen (secondary N) is 1. The number of halogens is 1. The molecule has 4 rings (SSSR count). The topological polar surface area (TPSA) is 86.8 Å². The van der Waals surface area contributed by atoms with E-state index in [1.54, 1.807) is 48.5 Å². The summed E-state index contributed by atoms with van der Waals surface area (Å²) in [6.07, 6.45) is 0.958. The smallest absolute Gasteiger partial charge is 0.264 e. The van der Waals surface area contributed by atoms with Gasteiger partial charge < -0.3 is 10.2 Å². The highest BCUT2D eigenvalue weighted by Gasteiger charge is 2.35. The maximum Gasteiger partial charge on any atom is 0.264 e. The lowest BCUT2D eigenvalue weighted by molar-refractivity contribution is -0.140. The van der Waals surface area contributed by atoms with Gasteiger partial charge in [0, 0.05) is 24.5 Å². The molecule has 0 aromatic heterocycles. The molecule has 0 fully saturated rings. The molecule has 44 heavy (non-hydrogen) atoms. The minimum Gasteiger partial charge on any atom is -0.354 e. The van der Waals surface area contributed by atoms with Crippen LogP contribution in [0.2, 0.25) is 5.02 Å². The van der Waals surface area contributed by atoms with Crippen molar-refractivity contribution in [2.24, 2.45) is 0 Å². The fourth-order valence-electron chi connectivity index (χ4n) is 5.07. The summed E-state index contributed by atoms with van der Waals surface area (Å²) >= 11 is 6.55. The summed E-state index contributed by atoms with van der Waals surface area (Å²) in [5, 5.41) is 3.39.